The molecule has 0 aliphatic heterocycles. The Labute approximate surface area is 260 Å². The van der Waals surface area contributed by atoms with E-state index in [2.05, 4.69) is 0 Å². The maximum atomic E-state index is 14.1. The highest BCUT2D eigenvalue weighted by Gasteiger charge is 2.29. The Morgan fingerprint density at radius 3 is 1.86 bits per heavy atom. The maximum Gasteiger partial charge on any atom is 0.270 e. The topological polar surface area (TPSA) is 129 Å². The molecule has 0 aromatic heterocycles. The molecule has 5 N–H and O–H groups in total. The van der Waals surface area contributed by atoms with E-state index in [0.717, 1.165) is 43.2 Å². The summed E-state index contributed by atoms with van der Waals surface area (Å²) < 4.78 is 43.8. The van der Waals surface area contributed by atoms with Gasteiger partial charge in [0.2, 0.25) is 0 Å². The van der Waals surface area contributed by atoms with Gasteiger partial charge in [-0.1, -0.05) is 62.8 Å². The van der Waals surface area contributed by atoms with Gasteiger partial charge in [-0.25, -0.2) is 8.78 Å². The van der Waals surface area contributed by atoms with E-state index in [9.17, 15) is 29.2 Å². The van der Waals surface area contributed by atoms with Crippen LogP contribution in [0.5, 0.6) is 11.5 Å². The molecule has 2 aromatic rings. The number of aliphatic hydroxyl groups is 5. The Morgan fingerprint density at radius 2 is 1.25 bits per heavy atom. The van der Waals surface area contributed by atoms with Gasteiger partial charge in [-0.05, 0) is 61.1 Å². The standard InChI is InChI=1S/C34H52F2O8/c1-42-30-16-18-31(19-17-30)44-25-29(38)24-43-26-33(35,36)20-8-6-10-22-34(40,41)21-9-5-3-2-4-7-11-32(39)28-14-12-27(23-37)13-15-28/h12-19,29,32,37-41H,2-11,20-26H2,1H3. The molecule has 0 saturated heterocycles. The fourth-order valence-electron chi connectivity index (χ4n) is 4.89. The quantitative estimate of drug-likeness (QED) is 0.0664. The zero-order valence-corrected chi connectivity index (χ0v) is 26.0. The smallest absolute Gasteiger partial charge is 0.270 e. The SMILES string of the molecule is COc1ccc(OCC(O)COCC(F)(F)CCCCCC(O)(O)CCCCCCCCC(O)c2ccc(CO)cc2)cc1. The third kappa shape index (κ3) is 16.7. The number of halogens is 2. The average Bonchev–Trinajstić information content (AvgIpc) is 3.01. The summed E-state index contributed by atoms with van der Waals surface area (Å²) in [4.78, 5) is 0. The predicted molar refractivity (Wildman–Crippen MR) is 165 cm³/mol. The molecule has 0 fully saturated rings. The van der Waals surface area contributed by atoms with Crippen LogP contribution in [-0.2, 0) is 11.3 Å². The fourth-order valence-corrected chi connectivity index (χ4v) is 4.89. The lowest BCUT2D eigenvalue weighted by Gasteiger charge is -2.22. The average molecular weight is 627 g/mol. The minimum atomic E-state index is -3.03. The van der Waals surface area contributed by atoms with Crippen LogP contribution in [0.1, 0.15) is 101 Å². The molecule has 8 nitrogen and oxygen atoms in total. The number of benzene rings is 2. The molecule has 2 unspecified atom stereocenters. The van der Waals surface area contributed by atoms with E-state index in [4.69, 9.17) is 19.3 Å². The second-order valence-corrected chi connectivity index (χ2v) is 11.6. The first kappa shape index (κ1) is 37.8. The number of hydrogen-bond acceptors (Lipinski definition) is 8. The number of rotatable bonds is 25. The summed E-state index contributed by atoms with van der Waals surface area (Å²) in [5.74, 6) is -3.63. The highest BCUT2D eigenvalue weighted by Crippen LogP contribution is 2.26. The second-order valence-electron chi connectivity index (χ2n) is 11.6. The molecule has 2 atom stereocenters. The lowest BCUT2D eigenvalue weighted by Crippen LogP contribution is -2.29. The van der Waals surface area contributed by atoms with E-state index in [1.165, 1.54) is 0 Å². The summed E-state index contributed by atoms with van der Waals surface area (Å²) >= 11 is 0. The molecular weight excluding hydrogens is 574 g/mol. The summed E-state index contributed by atoms with van der Waals surface area (Å²) in [6.07, 6.45) is 5.71. The van der Waals surface area contributed by atoms with Gasteiger partial charge >= 0.3 is 0 Å². The van der Waals surface area contributed by atoms with Crippen molar-refractivity contribution in [3.63, 3.8) is 0 Å². The Morgan fingerprint density at radius 1 is 0.705 bits per heavy atom. The second kappa shape index (κ2) is 20.6. The van der Waals surface area contributed by atoms with E-state index in [-0.39, 0.29) is 45.5 Å². The number of alkyl halides is 2. The van der Waals surface area contributed by atoms with Gasteiger partial charge in [0.25, 0.3) is 5.92 Å². The highest BCUT2D eigenvalue weighted by atomic mass is 19.3. The molecule has 10 heteroatoms. The van der Waals surface area contributed by atoms with Gasteiger partial charge in [-0.3, -0.25) is 0 Å². The van der Waals surface area contributed by atoms with Gasteiger partial charge in [-0.15, -0.1) is 0 Å². The predicted octanol–water partition coefficient (Wildman–Crippen LogP) is 6.06. The van der Waals surface area contributed by atoms with Crippen LogP contribution >= 0.6 is 0 Å². The summed E-state index contributed by atoms with van der Waals surface area (Å²) in [5.41, 5.74) is 1.67. The number of hydrogen-bond donors (Lipinski definition) is 5. The first-order chi connectivity index (χ1) is 21.0. The van der Waals surface area contributed by atoms with Crippen molar-refractivity contribution in [2.24, 2.45) is 0 Å². The zero-order chi connectivity index (χ0) is 32.3. The van der Waals surface area contributed by atoms with E-state index >= 15 is 0 Å². The van der Waals surface area contributed by atoms with Crippen molar-refractivity contribution >= 4 is 0 Å². The number of ether oxygens (including phenoxy) is 3. The van der Waals surface area contributed by atoms with Crippen LogP contribution in [0.4, 0.5) is 8.78 Å². The largest absolute Gasteiger partial charge is 0.497 e. The lowest BCUT2D eigenvalue weighted by molar-refractivity contribution is -0.172. The van der Waals surface area contributed by atoms with Crippen LogP contribution < -0.4 is 9.47 Å². The highest BCUT2D eigenvalue weighted by molar-refractivity contribution is 5.31. The van der Waals surface area contributed by atoms with Crippen molar-refractivity contribution in [3.8, 4) is 11.5 Å². The normalized spacial score (nSPS) is 13.5. The monoisotopic (exact) mass is 626 g/mol. The fraction of sp³-hybridized carbons (Fsp3) is 0.647. The summed E-state index contributed by atoms with van der Waals surface area (Å²) in [7, 11) is 1.55. The first-order valence-electron chi connectivity index (χ1n) is 15.8. The van der Waals surface area contributed by atoms with Crippen LogP contribution in [0.25, 0.3) is 0 Å². The minimum absolute atomic E-state index is 0.0125. The van der Waals surface area contributed by atoms with Crippen molar-refractivity contribution in [2.75, 3.05) is 26.9 Å². The molecule has 44 heavy (non-hydrogen) atoms. The molecule has 0 spiro atoms. The Bertz CT molecular complexity index is 1000. The molecule has 0 radical (unpaired) electrons. The summed E-state index contributed by atoms with van der Waals surface area (Å²) in [5, 5.41) is 49.8. The van der Waals surface area contributed by atoms with Crippen molar-refractivity contribution in [3.05, 3.63) is 59.7 Å². The van der Waals surface area contributed by atoms with Crippen molar-refractivity contribution in [1.29, 1.82) is 0 Å². The lowest BCUT2D eigenvalue weighted by atomic mass is 9.98. The Kier molecular flexibility index (Phi) is 17.8. The summed E-state index contributed by atoms with van der Waals surface area (Å²) in [6.45, 7) is -1.16. The maximum absolute atomic E-state index is 14.1. The van der Waals surface area contributed by atoms with Crippen molar-refractivity contribution in [1.82, 2.24) is 0 Å². The van der Waals surface area contributed by atoms with Gasteiger partial charge in [0.15, 0.2) is 5.79 Å². The number of methoxy groups -OCH3 is 1. The van der Waals surface area contributed by atoms with Crippen LogP contribution in [0.3, 0.4) is 0 Å². The Hall–Kier alpha value is -2.34. The van der Waals surface area contributed by atoms with Crippen molar-refractivity contribution in [2.45, 2.75) is 114 Å². The summed E-state index contributed by atoms with van der Waals surface area (Å²) in [6, 6.07) is 14.1. The third-order valence-corrected chi connectivity index (χ3v) is 7.60. The molecule has 0 amide bonds. The molecule has 0 aliphatic rings. The van der Waals surface area contributed by atoms with Crippen LogP contribution in [0.2, 0.25) is 0 Å². The van der Waals surface area contributed by atoms with Crippen LogP contribution in [0.15, 0.2) is 48.5 Å². The molecule has 2 aromatic carbocycles. The van der Waals surface area contributed by atoms with Crippen LogP contribution in [0, 0.1) is 0 Å². The third-order valence-electron chi connectivity index (χ3n) is 7.60. The molecule has 250 valence electrons. The van der Waals surface area contributed by atoms with E-state index in [1.54, 1.807) is 31.4 Å². The molecule has 0 aliphatic carbocycles. The molecule has 0 saturated carbocycles. The van der Waals surface area contributed by atoms with Gasteiger partial charge in [-0.2, -0.15) is 0 Å². The molecule has 2 rings (SSSR count). The van der Waals surface area contributed by atoms with E-state index in [1.807, 2.05) is 24.3 Å². The van der Waals surface area contributed by atoms with Gasteiger partial charge in [0.1, 0.15) is 30.8 Å². The molecular formula is C34H52F2O8. The molecule has 0 bridgehead atoms. The van der Waals surface area contributed by atoms with Gasteiger partial charge in [0.05, 0.1) is 26.4 Å². The van der Waals surface area contributed by atoms with Gasteiger partial charge < -0.3 is 39.7 Å². The van der Waals surface area contributed by atoms with Crippen LogP contribution in [-0.4, -0.2) is 70.3 Å². The Balaban J connectivity index is 1.44. The molecule has 0 heterocycles. The number of aliphatic hydroxyl groups excluding tert-OH is 3. The van der Waals surface area contributed by atoms with E-state index < -0.39 is 30.5 Å². The minimum Gasteiger partial charge on any atom is -0.497 e. The van der Waals surface area contributed by atoms with Crippen molar-refractivity contribution < 1.29 is 48.5 Å². The van der Waals surface area contributed by atoms with Gasteiger partial charge in [0, 0.05) is 19.3 Å². The first-order valence-corrected chi connectivity index (χ1v) is 15.8. The van der Waals surface area contributed by atoms with E-state index in [0.29, 0.717) is 37.2 Å². The number of unbranched alkanes of at least 4 members (excludes halogenated alkanes) is 7. The zero-order valence-electron chi connectivity index (χ0n) is 26.0.